The molecule has 1 aromatic carbocycles. The van der Waals surface area contributed by atoms with Crippen LogP contribution in [-0.4, -0.2) is 45.8 Å². The molecule has 0 saturated heterocycles. The number of ether oxygens (including phenoxy) is 1. The number of hydrogen-bond donors (Lipinski definition) is 2. The molecule has 11 nitrogen and oxygen atoms in total. The van der Waals surface area contributed by atoms with Crippen LogP contribution in [0.3, 0.4) is 0 Å². The molecule has 0 fully saturated rings. The molecule has 206 valence electrons. The largest absolute Gasteiger partial charge is 0.462 e. The first-order chi connectivity index (χ1) is 19.3. The number of benzene rings is 1. The van der Waals surface area contributed by atoms with Gasteiger partial charge in [0.05, 0.1) is 35.4 Å². The Labute approximate surface area is 246 Å². The van der Waals surface area contributed by atoms with Crippen molar-refractivity contribution in [2.24, 2.45) is 5.10 Å². The number of furan rings is 1. The maximum Gasteiger partial charge on any atom is 0.339 e. The lowest BCUT2D eigenvalue weighted by Gasteiger charge is -2.07. The average Bonchev–Trinajstić information content (AvgIpc) is 3.58. The minimum atomic E-state index is -0.497. The van der Waals surface area contributed by atoms with Gasteiger partial charge in [-0.15, -0.1) is 10.2 Å². The zero-order valence-corrected chi connectivity index (χ0v) is 24.2. The molecule has 4 aromatic rings. The third kappa shape index (κ3) is 8.04. The highest BCUT2D eigenvalue weighted by Gasteiger charge is 2.15. The van der Waals surface area contributed by atoms with Gasteiger partial charge in [-0.25, -0.2) is 10.2 Å². The Morgan fingerprint density at radius 1 is 1.18 bits per heavy atom. The zero-order valence-electron chi connectivity index (χ0n) is 21.0. The molecule has 0 unspecified atom stereocenters. The number of nitrogens with one attached hydrogen (secondary N) is 2. The number of nitrogens with zero attached hydrogens (tertiary/aromatic N) is 4. The van der Waals surface area contributed by atoms with Gasteiger partial charge in [0.25, 0.3) is 5.91 Å². The molecular weight excluding hydrogens is 624 g/mol. The lowest BCUT2D eigenvalue weighted by molar-refractivity contribution is -0.120. The van der Waals surface area contributed by atoms with Crippen molar-refractivity contribution in [2.75, 3.05) is 11.9 Å². The van der Waals surface area contributed by atoms with E-state index < -0.39 is 17.8 Å². The predicted octanol–water partition coefficient (Wildman–Crippen LogP) is 5.51. The summed E-state index contributed by atoms with van der Waals surface area (Å²) in [7, 11) is 0. The smallest absolute Gasteiger partial charge is 0.339 e. The molecule has 0 saturated carbocycles. The third-order valence-corrected chi connectivity index (χ3v) is 6.78. The van der Waals surface area contributed by atoms with Crippen LogP contribution >= 0.6 is 38.9 Å². The molecule has 0 aliphatic heterocycles. The van der Waals surface area contributed by atoms with E-state index in [1.54, 1.807) is 42.6 Å². The summed E-state index contributed by atoms with van der Waals surface area (Å²) in [6.45, 7) is 2.33. The minimum absolute atomic E-state index is 0.0887. The Bertz CT molecular complexity index is 1560. The number of carbonyl (C=O) groups is 3. The van der Waals surface area contributed by atoms with E-state index in [1.807, 2.05) is 6.92 Å². The summed E-state index contributed by atoms with van der Waals surface area (Å²) in [5, 5.41) is 15.3. The molecule has 14 heteroatoms. The third-order valence-electron chi connectivity index (χ3n) is 5.18. The molecule has 0 aliphatic rings. The van der Waals surface area contributed by atoms with Crippen molar-refractivity contribution in [3.05, 3.63) is 80.2 Å². The van der Waals surface area contributed by atoms with Crippen LogP contribution in [0.4, 0.5) is 5.13 Å². The van der Waals surface area contributed by atoms with Gasteiger partial charge >= 0.3 is 5.97 Å². The molecule has 2 amide bonds. The molecule has 4 rings (SSSR count). The lowest BCUT2D eigenvalue weighted by Crippen LogP contribution is -2.19. The number of carbonyl (C=O) groups excluding carboxylic acids is 3. The Hall–Kier alpha value is -3.94. The number of esters is 1. The quantitative estimate of drug-likeness (QED) is 0.0939. The van der Waals surface area contributed by atoms with Gasteiger partial charge in [-0.3, -0.25) is 19.9 Å². The van der Waals surface area contributed by atoms with Gasteiger partial charge in [0.1, 0.15) is 16.5 Å². The zero-order chi connectivity index (χ0) is 28.5. The van der Waals surface area contributed by atoms with Gasteiger partial charge in [0.15, 0.2) is 0 Å². The van der Waals surface area contributed by atoms with Crippen molar-refractivity contribution in [3.63, 3.8) is 0 Å². The number of amides is 2. The number of halogens is 2. The first-order valence-electron chi connectivity index (χ1n) is 12.0. The summed E-state index contributed by atoms with van der Waals surface area (Å²) in [5.74, 6) is -0.472. The molecule has 2 N–H and O–H groups in total. The second-order valence-electron chi connectivity index (χ2n) is 8.20. The predicted molar refractivity (Wildman–Crippen MR) is 154 cm³/mol. The number of hydrogen-bond acceptors (Lipinski definition) is 10. The molecule has 40 heavy (non-hydrogen) atoms. The van der Waals surface area contributed by atoms with Crippen LogP contribution in [0.2, 0.25) is 5.02 Å². The van der Waals surface area contributed by atoms with Crippen LogP contribution < -0.4 is 10.7 Å². The number of unbranched alkanes of at least 4 members (excludes halogenated alkanes) is 1. The lowest BCUT2D eigenvalue weighted by atomic mass is 10.1. The molecule has 3 aromatic heterocycles. The molecule has 0 spiro atoms. The van der Waals surface area contributed by atoms with E-state index in [1.165, 1.54) is 12.4 Å². The maximum atomic E-state index is 12.4. The first-order valence-corrected chi connectivity index (χ1v) is 13.9. The summed E-state index contributed by atoms with van der Waals surface area (Å²) in [6, 6.07) is 9.93. The Balaban J connectivity index is 1.30. The van der Waals surface area contributed by atoms with Crippen molar-refractivity contribution >= 4 is 68.0 Å². The van der Waals surface area contributed by atoms with Crippen molar-refractivity contribution in [1.29, 1.82) is 0 Å². The summed E-state index contributed by atoms with van der Waals surface area (Å²) < 4.78 is 11.7. The fourth-order valence-electron chi connectivity index (χ4n) is 3.22. The normalized spacial score (nSPS) is 11.0. The summed E-state index contributed by atoms with van der Waals surface area (Å²) >= 11 is 10.5. The molecule has 0 atom stereocenters. The van der Waals surface area contributed by atoms with E-state index in [0.29, 0.717) is 38.7 Å². The fourth-order valence-corrected chi connectivity index (χ4v) is 4.52. The van der Waals surface area contributed by atoms with E-state index >= 15 is 0 Å². The number of anilines is 1. The standard InChI is InChI=1S/C26H22BrClN6O5S/c1-2-3-8-38-25(37)19-10-15(4-6-20(19)28)21-7-5-18(39-21)14-30-32-22(35)11-23-33-34-26(40-23)31-24(36)16-9-17(27)13-29-12-16/h4-7,9-10,12-14H,2-3,8,11H2,1H3,(H,32,35)(H,31,34,36)/b30-14-. The van der Waals surface area contributed by atoms with Gasteiger partial charge in [-0.05, 0) is 58.7 Å². The molecular formula is C26H22BrClN6O5S. The second kappa shape index (κ2) is 13.9. The summed E-state index contributed by atoms with van der Waals surface area (Å²) in [6.07, 6.45) is 5.92. The highest BCUT2D eigenvalue weighted by Crippen LogP contribution is 2.27. The first kappa shape index (κ1) is 29.1. The van der Waals surface area contributed by atoms with Crippen LogP contribution in [0.1, 0.15) is 51.2 Å². The van der Waals surface area contributed by atoms with E-state index in [9.17, 15) is 14.4 Å². The topological polar surface area (TPSA) is 149 Å². The molecule has 0 radical (unpaired) electrons. The van der Waals surface area contributed by atoms with Gasteiger partial charge in [-0.1, -0.05) is 36.3 Å². The van der Waals surface area contributed by atoms with Crippen molar-refractivity contribution < 1.29 is 23.5 Å². The number of pyridine rings is 1. The van der Waals surface area contributed by atoms with Crippen LogP contribution in [0.5, 0.6) is 0 Å². The van der Waals surface area contributed by atoms with E-state index in [2.05, 4.69) is 47.0 Å². The summed E-state index contributed by atoms with van der Waals surface area (Å²) in [5.41, 5.74) is 3.62. The molecule has 0 aliphatic carbocycles. The number of rotatable bonds is 11. The SMILES string of the molecule is CCCCOC(=O)c1cc(-c2ccc(/C=N\NC(=O)Cc3nnc(NC(=O)c4cncc(Br)c4)s3)o2)ccc1Cl. The Kier molecular flexibility index (Phi) is 10.1. The molecule has 3 heterocycles. The summed E-state index contributed by atoms with van der Waals surface area (Å²) in [4.78, 5) is 40.9. The van der Waals surface area contributed by atoms with Gasteiger partial charge in [0, 0.05) is 22.4 Å². The van der Waals surface area contributed by atoms with Gasteiger partial charge in [-0.2, -0.15) is 5.10 Å². The monoisotopic (exact) mass is 644 g/mol. The minimum Gasteiger partial charge on any atom is -0.462 e. The van der Waals surface area contributed by atoms with Crippen LogP contribution in [0, 0.1) is 0 Å². The van der Waals surface area contributed by atoms with E-state index in [0.717, 1.165) is 24.2 Å². The number of aromatic nitrogens is 3. The highest BCUT2D eigenvalue weighted by molar-refractivity contribution is 9.10. The second-order valence-corrected chi connectivity index (χ2v) is 10.6. The van der Waals surface area contributed by atoms with Crippen LogP contribution in [0.15, 0.2) is 62.8 Å². The van der Waals surface area contributed by atoms with Crippen molar-refractivity contribution in [1.82, 2.24) is 20.6 Å². The maximum absolute atomic E-state index is 12.4. The Morgan fingerprint density at radius 2 is 2.02 bits per heavy atom. The van der Waals surface area contributed by atoms with Crippen molar-refractivity contribution in [2.45, 2.75) is 26.2 Å². The van der Waals surface area contributed by atoms with Gasteiger partial charge < -0.3 is 9.15 Å². The van der Waals surface area contributed by atoms with Gasteiger partial charge in [0.2, 0.25) is 11.0 Å². The van der Waals surface area contributed by atoms with Crippen LogP contribution in [0.25, 0.3) is 11.3 Å². The van der Waals surface area contributed by atoms with E-state index in [4.69, 9.17) is 20.8 Å². The number of hydrazone groups is 1. The van der Waals surface area contributed by atoms with E-state index in [-0.39, 0.29) is 22.1 Å². The Morgan fingerprint density at radius 3 is 2.83 bits per heavy atom. The fraction of sp³-hybridized carbons (Fsp3) is 0.192. The van der Waals surface area contributed by atoms with Crippen molar-refractivity contribution in [3.8, 4) is 11.3 Å². The van der Waals surface area contributed by atoms with Crippen LogP contribution in [-0.2, 0) is 16.0 Å². The average molecular weight is 646 g/mol. The molecule has 0 bridgehead atoms. The highest BCUT2D eigenvalue weighted by atomic mass is 79.9.